The summed E-state index contributed by atoms with van der Waals surface area (Å²) in [7, 11) is 0. The van der Waals surface area contributed by atoms with Gasteiger partial charge in [0.15, 0.2) is 0 Å². The molecule has 0 spiro atoms. The van der Waals surface area contributed by atoms with Crippen molar-refractivity contribution in [2.45, 2.75) is 26.4 Å². The van der Waals surface area contributed by atoms with Crippen molar-refractivity contribution in [3.05, 3.63) is 33.3 Å². The summed E-state index contributed by atoms with van der Waals surface area (Å²) in [6.45, 7) is 3.56. The monoisotopic (exact) mass is 276 g/mol. The largest absolute Gasteiger partial charge is 0.377 e. The molecule has 0 heterocycles. The predicted octanol–water partition coefficient (Wildman–Crippen LogP) is 4.42. The summed E-state index contributed by atoms with van der Waals surface area (Å²) < 4.78 is 6.48. The number of hydrogen-bond donors (Lipinski definition) is 0. The van der Waals surface area contributed by atoms with Crippen LogP contribution in [0.3, 0.4) is 0 Å². The van der Waals surface area contributed by atoms with E-state index >= 15 is 0 Å². The van der Waals surface area contributed by atoms with E-state index in [0.29, 0.717) is 6.61 Å². The van der Waals surface area contributed by atoms with E-state index in [-0.39, 0.29) is 0 Å². The summed E-state index contributed by atoms with van der Waals surface area (Å²) in [5, 5.41) is 0.760. The fourth-order valence-corrected chi connectivity index (χ4v) is 1.80. The van der Waals surface area contributed by atoms with Gasteiger partial charge in [-0.05, 0) is 24.1 Å². The molecule has 78 valence electrons. The molecule has 0 atom stereocenters. The van der Waals surface area contributed by atoms with Crippen LogP contribution in [0.5, 0.6) is 0 Å². The molecule has 1 aromatic carbocycles. The zero-order chi connectivity index (χ0) is 10.4. The van der Waals surface area contributed by atoms with Crippen molar-refractivity contribution in [1.82, 2.24) is 0 Å². The molecule has 1 rings (SSSR count). The number of rotatable bonds is 5. The molecule has 3 heteroatoms. The SMILES string of the molecule is CCCCOCc1ccc(Br)cc1Cl. The minimum Gasteiger partial charge on any atom is -0.377 e. The van der Waals surface area contributed by atoms with Gasteiger partial charge in [0.05, 0.1) is 6.61 Å². The number of hydrogen-bond acceptors (Lipinski definition) is 1. The van der Waals surface area contributed by atoms with Gasteiger partial charge in [-0.15, -0.1) is 0 Å². The summed E-state index contributed by atoms with van der Waals surface area (Å²) in [4.78, 5) is 0. The van der Waals surface area contributed by atoms with Gasteiger partial charge >= 0.3 is 0 Å². The predicted molar refractivity (Wildman–Crippen MR) is 63.7 cm³/mol. The van der Waals surface area contributed by atoms with Crippen molar-refractivity contribution in [3.63, 3.8) is 0 Å². The van der Waals surface area contributed by atoms with Crippen LogP contribution in [-0.2, 0) is 11.3 Å². The Morgan fingerprint density at radius 3 is 2.86 bits per heavy atom. The molecule has 0 fully saturated rings. The maximum Gasteiger partial charge on any atom is 0.0731 e. The van der Waals surface area contributed by atoms with Crippen LogP contribution in [0.1, 0.15) is 25.3 Å². The lowest BCUT2D eigenvalue weighted by Gasteiger charge is -2.05. The topological polar surface area (TPSA) is 9.23 Å². The Labute approximate surface area is 98.5 Å². The molecule has 0 aliphatic carbocycles. The lowest BCUT2D eigenvalue weighted by atomic mass is 10.2. The highest BCUT2D eigenvalue weighted by molar-refractivity contribution is 9.10. The Balaban J connectivity index is 2.42. The van der Waals surface area contributed by atoms with Gasteiger partial charge in [-0.1, -0.05) is 46.9 Å². The lowest BCUT2D eigenvalue weighted by molar-refractivity contribution is 0.118. The van der Waals surface area contributed by atoms with Gasteiger partial charge in [0.25, 0.3) is 0 Å². The smallest absolute Gasteiger partial charge is 0.0731 e. The zero-order valence-corrected chi connectivity index (χ0v) is 10.6. The minimum atomic E-state index is 0.603. The molecule has 0 saturated heterocycles. The van der Waals surface area contributed by atoms with Crippen LogP contribution in [0, 0.1) is 0 Å². The molecular weight excluding hydrogens is 263 g/mol. The Hall–Kier alpha value is -0.0500. The maximum absolute atomic E-state index is 6.03. The van der Waals surface area contributed by atoms with Gasteiger partial charge < -0.3 is 4.74 Å². The van der Waals surface area contributed by atoms with Gasteiger partial charge in [-0.2, -0.15) is 0 Å². The maximum atomic E-state index is 6.03. The standard InChI is InChI=1S/C11H14BrClO/c1-2-3-6-14-8-9-4-5-10(12)7-11(9)13/h4-5,7H,2-3,6,8H2,1H3. The van der Waals surface area contributed by atoms with Gasteiger partial charge in [0.2, 0.25) is 0 Å². The van der Waals surface area contributed by atoms with Crippen LogP contribution in [-0.4, -0.2) is 6.61 Å². The van der Waals surface area contributed by atoms with Crippen LogP contribution in [0.2, 0.25) is 5.02 Å². The van der Waals surface area contributed by atoms with Crippen molar-refractivity contribution in [2.24, 2.45) is 0 Å². The van der Waals surface area contributed by atoms with E-state index in [4.69, 9.17) is 16.3 Å². The first kappa shape index (κ1) is 12.0. The Morgan fingerprint density at radius 1 is 1.43 bits per heavy atom. The van der Waals surface area contributed by atoms with Crippen LogP contribution in [0.25, 0.3) is 0 Å². The molecular formula is C11H14BrClO. The summed E-state index contributed by atoms with van der Waals surface area (Å²) in [5.41, 5.74) is 1.05. The Bertz CT molecular complexity index is 289. The number of halogens is 2. The quantitative estimate of drug-likeness (QED) is 0.724. The van der Waals surface area contributed by atoms with Crippen molar-refractivity contribution in [2.75, 3.05) is 6.61 Å². The van der Waals surface area contributed by atoms with Gasteiger partial charge in [0.1, 0.15) is 0 Å². The minimum absolute atomic E-state index is 0.603. The number of unbranched alkanes of at least 4 members (excludes halogenated alkanes) is 1. The number of ether oxygens (including phenoxy) is 1. The summed E-state index contributed by atoms with van der Waals surface area (Å²) in [5.74, 6) is 0. The molecule has 1 aromatic rings. The molecule has 0 aliphatic heterocycles. The normalized spacial score (nSPS) is 10.5. The molecule has 0 saturated carbocycles. The molecule has 0 radical (unpaired) electrons. The molecule has 1 nitrogen and oxygen atoms in total. The van der Waals surface area contributed by atoms with Crippen LogP contribution in [0.15, 0.2) is 22.7 Å². The van der Waals surface area contributed by atoms with E-state index in [0.717, 1.165) is 34.5 Å². The third-order valence-electron chi connectivity index (χ3n) is 1.91. The Morgan fingerprint density at radius 2 is 2.21 bits per heavy atom. The third kappa shape index (κ3) is 3.99. The molecule has 0 unspecified atom stereocenters. The van der Waals surface area contributed by atoms with Gasteiger partial charge in [0, 0.05) is 16.1 Å². The second-order valence-corrected chi connectivity index (χ2v) is 4.46. The lowest BCUT2D eigenvalue weighted by Crippen LogP contribution is -1.95. The van der Waals surface area contributed by atoms with Gasteiger partial charge in [-0.3, -0.25) is 0 Å². The van der Waals surface area contributed by atoms with Crippen molar-refractivity contribution >= 4 is 27.5 Å². The summed E-state index contributed by atoms with van der Waals surface area (Å²) in [6, 6.07) is 5.85. The fourth-order valence-electron chi connectivity index (χ4n) is 1.07. The zero-order valence-electron chi connectivity index (χ0n) is 8.22. The number of benzene rings is 1. The highest BCUT2D eigenvalue weighted by atomic mass is 79.9. The van der Waals surface area contributed by atoms with Crippen molar-refractivity contribution in [1.29, 1.82) is 0 Å². The van der Waals surface area contributed by atoms with E-state index in [2.05, 4.69) is 22.9 Å². The van der Waals surface area contributed by atoms with E-state index in [9.17, 15) is 0 Å². The molecule has 0 aliphatic rings. The first-order valence-corrected chi connectivity index (χ1v) is 5.92. The Kier molecular flexibility index (Phi) is 5.53. The van der Waals surface area contributed by atoms with E-state index in [1.165, 1.54) is 0 Å². The molecule has 0 bridgehead atoms. The summed E-state index contributed by atoms with van der Waals surface area (Å²) >= 11 is 9.40. The highest BCUT2D eigenvalue weighted by Crippen LogP contribution is 2.21. The highest BCUT2D eigenvalue weighted by Gasteiger charge is 2.00. The van der Waals surface area contributed by atoms with E-state index < -0.39 is 0 Å². The van der Waals surface area contributed by atoms with E-state index in [1.807, 2.05) is 18.2 Å². The van der Waals surface area contributed by atoms with Crippen molar-refractivity contribution in [3.8, 4) is 0 Å². The second-order valence-electron chi connectivity index (χ2n) is 3.14. The average Bonchev–Trinajstić information content (AvgIpc) is 2.15. The van der Waals surface area contributed by atoms with Crippen LogP contribution < -0.4 is 0 Å². The molecule has 0 amide bonds. The van der Waals surface area contributed by atoms with Crippen LogP contribution >= 0.6 is 27.5 Å². The fraction of sp³-hybridized carbons (Fsp3) is 0.455. The first-order chi connectivity index (χ1) is 6.74. The average molecular weight is 278 g/mol. The molecule has 0 N–H and O–H groups in total. The van der Waals surface area contributed by atoms with E-state index in [1.54, 1.807) is 0 Å². The van der Waals surface area contributed by atoms with Crippen molar-refractivity contribution < 1.29 is 4.74 Å². The molecule has 14 heavy (non-hydrogen) atoms. The molecule has 0 aromatic heterocycles. The summed E-state index contributed by atoms with van der Waals surface area (Å²) in [6.07, 6.45) is 2.27. The third-order valence-corrected chi connectivity index (χ3v) is 2.76. The second kappa shape index (κ2) is 6.44. The first-order valence-electron chi connectivity index (χ1n) is 4.75. The van der Waals surface area contributed by atoms with Crippen LogP contribution in [0.4, 0.5) is 0 Å². The van der Waals surface area contributed by atoms with Gasteiger partial charge in [-0.25, -0.2) is 0 Å².